The molecule has 0 bridgehead atoms. The zero-order valence-electron chi connectivity index (χ0n) is 10.9. The third-order valence-corrected chi connectivity index (χ3v) is 4.46. The predicted octanol–water partition coefficient (Wildman–Crippen LogP) is 2.77. The Hall–Kier alpha value is -1.35. The van der Waals surface area contributed by atoms with E-state index in [0.29, 0.717) is 12.1 Å². The predicted molar refractivity (Wildman–Crippen MR) is 71.5 cm³/mol. The number of nitrogens with zero attached hydrogens (tertiary/aromatic N) is 1. The van der Waals surface area contributed by atoms with Crippen LogP contribution in [-0.2, 0) is 20.0 Å². The largest absolute Gasteiger partial charge is 0.419 e. The maximum absolute atomic E-state index is 13.5. The first-order valence-electron chi connectivity index (χ1n) is 6.07. The minimum absolute atomic E-state index is 0.0460. The molecule has 1 heterocycles. The molecule has 22 heavy (non-hydrogen) atoms. The van der Waals surface area contributed by atoms with E-state index in [-0.39, 0.29) is 18.7 Å². The molecule has 1 unspecified atom stereocenters. The van der Waals surface area contributed by atoms with Crippen LogP contribution in [0.5, 0.6) is 0 Å². The third kappa shape index (κ3) is 3.89. The Kier molecular flexibility index (Phi) is 4.40. The minimum atomic E-state index is -4.83. The molecule has 0 spiro atoms. The molecule has 0 aromatic heterocycles. The standard InChI is InChI=1S/C12H10ClF4NO3S/c13-22(20,21)6-7-3-11(19)18(5-7)8-1-2-9(10(14)4-8)12(15,16)17/h1-2,4,7H,3,5-6H2. The summed E-state index contributed by atoms with van der Waals surface area (Å²) in [6.45, 7) is -0.0460. The van der Waals surface area contributed by atoms with Crippen molar-refractivity contribution in [3.8, 4) is 0 Å². The Morgan fingerprint density at radius 3 is 2.45 bits per heavy atom. The van der Waals surface area contributed by atoms with Crippen LogP contribution in [0.4, 0.5) is 23.2 Å². The molecule has 1 atom stereocenters. The van der Waals surface area contributed by atoms with Gasteiger partial charge < -0.3 is 4.90 Å². The molecule has 1 aliphatic rings. The average Bonchev–Trinajstić information content (AvgIpc) is 2.65. The molecule has 0 saturated carbocycles. The Morgan fingerprint density at radius 2 is 1.95 bits per heavy atom. The normalized spacial score (nSPS) is 19.8. The van der Waals surface area contributed by atoms with Crippen LogP contribution < -0.4 is 4.90 Å². The summed E-state index contributed by atoms with van der Waals surface area (Å²) in [4.78, 5) is 12.9. The molecule has 0 aliphatic carbocycles. The highest BCUT2D eigenvalue weighted by molar-refractivity contribution is 8.13. The van der Waals surface area contributed by atoms with Gasteiger partial charge in [0, 0.05) is 35.3 Å². The molecule has 2 rings (SSSR count). The van der Waals surface area contributed by atoms with Crippen molar-refractivity contribution < 1.29 is 30.8 Å². The van der Waals surface area contributed by atoms with Crippen molar-refractivity contribution in [2.75, 3.05) is 17.2 Å². The fraction of sp³-hybridized carbons (Fsp3) is 0.417. The molecule has 1 amide bonds. The molecule has 4 nitrogen and oxygen atoms in total. The van der Waals surface area contributed by atoms with Gasteiger partial charge in [-0.25, -0.2) is 12.8 Å². The van der Waals surface area contributed by atoms with E-state index in [1.807, 2.05) is 0 Å². The SMILES string of the molecule is O=C1CC(CS(=O)(=O)Cl)CN1c1ccc(C(F)(F)F)c(F)c1. The lowest BCUT2D eigenvalue weighted by Gasteiger charge is -2.18. The summed E-state index contributed by atoms with van der Waals surface area (Å²) in [5.41, 5.74) is -1.48. The van der Waals surface area contributed by atoms with Crippen molar-refractivity contribution in [2.45, 2.75) is 12.6 Å². The summed E-state index contributed by atoms with van der Waals surface area (Å²) in [6.07, 6.45) is -4.94. The number of hydrogen-bond donors (Lipinski definition) is 0. The summed E-state index contributed by atoms with van der Waals surface area (Å²) < 4.78 is 73.0. The maximum Gasteiger partial charge on any atom is 0.419 e. The first-order valence-corrected chi connectivity index (χ1v) is 8.54. The quantitative estimate of drug-likeness (QED) is 0.616. The fourth-order valence-electron chi connectivity index (χ4n) is 2.33. The van der Waals surface area contributed by atoms with E-state index < -0.39 is 44.2 Å². The molecular formula is C12H10ClF4NO3S. The molecule has 1 fully saturated rings. The Labute approximate surface area is 128 Å². The number of carbonyl (C=O) groups excluding carboxylic acids is 1. The molecule has 1 aromatic carbocycles. The summed E-state index contributed by atoms with van der Waals surface area (Å²) in [5, 5.41) is 0. The van der Waals surface area contributed by atoms with E-state index >= 15 is 0 Å². The topological polar surface area (TPSA) is 54.5 Å². The maximum atomic E-state index is 13.5. The number of carbonyl (C=O) groups is 1. The fourth-order valence-corrected chi connectivity index (χ4v) is 3.65. The molecular weight excluding hydrogens is 350 g/mol. The van der Waals surface area contributed by atoms with Gasteiger partial charge >= 0.3 is 6.18 Å². The molecule has 122 valence electrons. The van der Waals surface area contributed by atoms with E-state index in [0.717, 1.165) is 11.0 Å². The molecule has 1 aromatic rings. The second kappa shape index (κ2) is 5.69. The van der Waals surface area contributed by atoms with Crippen LogP contribution in [0.1, 0.15) is 12.0 Å². The van der Waals surface area contributed by atoms with Gasteiger partial charge in [-0.05, 0) is 18.2 Å². The van der Waals surface area contributed by atoms with Crippen molar-refractivity contribution in [2.24, 2.45) is 5.92 Å². The highest BCUT2D eigenvalue weighted by atomic mass is 35.7. The summed E-state index contributed by atoms with van der Waals surface area (Å²) in [5.74, 6) is -3.00. The number of rotatable bonds is 3. The van der Waals surface area contributed by atoms with Gasteiger partial charge in [0.05, 0.1) is 11.3 Å². The average molecular weight is 360 g/mol. The van der Waals surface area contributed by atoms with E-state index in [4.69, 9.17) is 10.7 Å². The Bertz CT molecular complexity index is 705. The number of benzene rings is 1. The molecule has 10 heteroatoms. The van der Waals surface area contributed by atoms with E-state index in [9.17, 15) is 30.8 Å². The molecule has 1 saturated heterocycles. The zero-order chi connectivity index (χ0) is 16.7. The van der Waals surface area contributed by atoms with Gasteiger partial charge in [-0.1, -0.05) is 0 Å². The highest BCUT2D eigenvalue weighted by Gasteiger charge is 2.36. The molecule has 0 radical (unpaired) electrons. The van der Waals surface area contributed by atoms with E-state index in [1.54, 1.807) is 0 Å². The monoisotopic (exact) mass is 359 g/mol. The Morgan fingerprint density at radius 1 is 1.32 bits per heavy atom. The van der Waals surface area contributed by atoms with Crippen molar-refractivity contribution in [1.29, 1.82) is 0 Å². The minimum Gasteiger partial charge on any atom is -0.312 e. The zero-order valence-corrected chi connectivity index (χ0v) is 12.5. The third-order valence-electron chi connectivity index (χ3n) is 3.21. The number of alkyl halides is 3. The first-order chi connectivity index (χ1) is 9.97. The van der Waals surface area contributed by atoms with Crippen LogP contribution in [0.25, 0.3) is 0 Å². The smallest absolute Gasteiger partial charge is 0.312 e. The van der Waals surface area contributed by atoms with Crippen LogP contribution in [0, 0.1) is 11.7 Å². The van der Waals surface area contributed by atoms with E-state index in [1.165, 1.54) is 0 Å². The first kappa shape index (κ1) is 17.0. The number of halogens is 5. The highest BCUT2D eigenvalue weighted by Crippen LogP contribution is 2.34. The van der Waals surface area contributed by atoms with Gasteiger partial charge in [0.2, 0.25) is 15.0 Å². The van der Waals surface area contributed by atoms with Crippen molar-refractivity contribution in [3.05, 3.63) is 29.6 Å². The van der Waals surface area contributed by atoms with Crippen molar-refractivity contribution in [1.82, 2.24) is 0 Å². The summed E-state index contributed by atoms with van der Waals surface area (Å²) in [7, 11) is 1.31. The Balaban J connectivity index is 2.22. The van der Waals surface area contributed by atoms with Crippen LogP contribution in [-0.4, -0.2) is 26.6 Å². The lowest BCUT2D eigenvalue weighted by molar-refractivity contribution is -0.140. The van der Waals surface area contributed by atoms with Crippen LogP contribution >= 0.6 is 10.7 Å². The van der Waals surface area contributed by atoms with Crippen molar-refractivity contribution in [3.63, 3.8) is 0 Å². The second-order valence-electron chi connectivity index (χ2n) is 4.94. The van der Waals surface area contributed by atoms with Crippen LogP contribution in [0.3, 0.4) is 0 Å². The lowest BCUT2D eigenvalue weighted by atomic mass is 10.1. The summed E-state index contributed by atoms with van der Waals surface area (Å²) in [6, 6.07) is 2.13. The number of hydrogen-bond acceptors (Lipinski definition) is 3. The summed E-state index contributed by atoms with van der Waals surface area (Å²) >= 11 is 0. The van der Waals surface area contributed by atoms with Gasteiger partial charge in [-0.3, -0.25) is 4.79 Å². The van der Waals surface area contributed by atoms with E-state index in [2.05, 4.69) is 0 Å². The lowest BCUT2D eigenvalue weighted by Crippen LogP contribution is -2.25. The van der Waals surface area contributed by atoms with Gasteiger partial charge in [0.25, 0.3) is 0 Å². The van der Waals surface area contributed by atoms with Crippen LogP contribution in [0.15, 0.2) is 18.2 Å². The molecule has 0 N–H and O–H groups in total. The van der Waals surface area contributed by atoms with Gasteiger partial charge in [0.1, 0.15) is 5.82 Å². The van der Waals surface area contributed by atoms with Gasteiger partial charge in [-0.15, -0.1) is 0 Å². The van der Waals surface area contributed by atoms with Gasteiger partial charge in [-0.2, -0.15) is 13.2 Å². The van der Waals surface area contributed by atoms with Gasteiger partial charge in [0.15, 0.2) is 0 Å². The number of amides is 1. The van der Waals surface area contributed by atoms with Crippen molar-refractivity contribution >= 4 is 31.3 Å². The molecule has 1 aliphatic heterocycles. The number of anilines is 1. The van der Waals surface area contributed by atoms with Crippen LogP contribution in [0.2, 0.25) is 0 Å². The second-order valence-corrected chi connectivity index (χ2v) is 7.76.